The minimum absolute atomic E-state index is 0.108. The van der Waals surface area contributed by atoms with E-state index in [4.69, 9.17) is 0 Å². The van der Waals surface area contributed by atoms with E-state index < -0.39 is 0 Å². The van der Waals surface area contributed by atoms with Crippen molar-refractivity contribution in [2.45, 2.75) is 39.8 Å². The zero-order valence-corrected chi connectivity index (χ0v) is 14.1. The molecule has 1 N–H and O–H groups in total. The van der Waals surface area contributed by atoms with Gasteiger partial charge in [-0.2, -0.15) is 10.2 Å². The number of anilines is 1. The van der Waals surface area contributed by atoms with Crippen LogP contribution in [0, 0.1) is 0 Å². The summed E-state index contributed by atoms with van der Waals surface area (Å²) in [4.78, 5) is 12.1. The number of halogens is 1. The molecule has 2 rings (SSSR count). The van der Waals surface area contributed by atoms with Crippen molar-refractivity contribution in [3.05, 3.63) is 38.5 Å². The Hall–Kier alpha value is -1.63. The smallest absolute Gasteiger partial charge is 0.283 e. The lowest BCUT2D eigenvalue weighted by Crippen LogP contribution is -2.24. The Morgan fingerprint density at radius 2 is 2.14 bits per heavy atom. The molecule has 21 heavy (non-hydrogen) atoms. The van der Waals surface area contributed by atoms with Crippen LogP contribution in [0.1, 0.15) is 31.5 Å². The molecule has 0 atom stereocenters. The molecule has 0 amide bonds. The molecule has 0 aliphatic heterocycles. The van der Waals surface area contributed by atoms with Crippen LogP contribution in [-0.4, -0.2) is 19.6 Å². The van der Waals surface area contributed by atoms with Gasteiger partial charge in [-0.3, -0.25) is 9.48 Å². The summed E-state index contributed by atoms with van der Waals surface area (Å²) in [6.07, 6.45) is 5.44. The SMILES string of the molecule is CCCn1ncc(NCc2cn(C)nc2CC)c(Br)c1=O. The molecule has 2 aromatic rings. The molecule has 0 aliphatic rings. The zero-order valence-electron chi connectivity index (χ0n) is 12.6. The van der Waals surface area contributed by atoms with Crippen LogP contribution in [0.2, 0.25) is 0 Å². The van der Waals surface area contributed by atoms with E-state index in [9.17, 15) is 4.79 Å². The third-order valence-electron chi connectivity index (χ3n) is 3.22. The van der Waals surface area contributed by atoms with Crippen LogP contribution in [0.5, 0.6) is 0 Å². The van der Waals surface area contributed by atoms with E-state index in [0.29, 0.717) is 23.2 Å². The van der Waals surface area contributed by atoms with E-state index in [1.165, 1.54) is 4.68 Å². The van der Waals surface area contributed by atoms with Crippen LogP contribution in [0.25, 0.3) is 0 Å². The van der Waals surface area contributed by atoms with Gasteiger partial charge < -0.3 is 5.32 Å². The summed E-state index contributed by atoms with van der Waals surface area (Å²) < 4.78 is 3.80. The first-order valence-electron chi connectivity index (χ1n) is 7.07. The first kappa shape index (κ1) is 15.8. The standard InChI is InChI=1S/C14H20BrN5O/c1-4-6-20-14(21)13(15)12(8-17-20)16-7-10-9-19(3)18-11(10)5-2/h8-9,16H,4-7H2,1-3H3. The highest BCUT2D eigenvalue weighted by Crippen LogP contribution is 2.18. The topological polar surface area (TPSA) is 64.7 Å². The van der Waals surface area contributed by atoms with Crippen molar-refractivity contribution in [1.82, 2.24) is 19.6 Å². The van der Waals surface area contributed by atoms with Crippen LogP contribution >= 0.6 is 15.9 Å². The van der Waals surface area contributed by atoms with Crippen LogP contribution in [-0.2, 0) is 26.6 Å². The number of nitrogens with one attached hydrogen (secondary N) is 1. The van der Waals surface area contributed by atoms with Crippen LogP contribution in [0.3, 0.4) is 0 Å². The summed E-state index contributed by atoms with van der Waals surface area (Å²) in [5.74, 6) is 0. The normalized spacial score (nSPS) is 10.9. The van der Waals surface area contributed by atoms with Crippen molar-refractivity contribution in [3.63, 3.8) is 0 Å². The molecule has 0 radical (unpaired) electrons. The van der Waals surface area contributed by atoms with Gasteiger partial charge in [-0.15, -0.1) is 0 Å². The molecule has 7 heteroatoms. The summed E-state index contributed by atoms with van der Waals surface area (Å²) in [5.41, 5.74) is 2.79. The number of aromatic nitrogens is 4. The fourth-order valence-electron chi connectivity index (χ4n) is 2.18. The second-order valence-electron chi connectivity index (χ2n) is 4.88. The van der Waals surface area contributed by atoms with Gasteiger partial charge >= 0.3 is 0 Å². The molecule has 0 aliphatic carbocycles. The Balaban J connectivity index is 2.17. The number of hydrogen-bond donors (Lipinski definition) is 1. The van der Waals surface area contributed by atoms with E-state index in [1.54, 1.807) is 6.20 Å². The molecule has 0 saturated carbocycles. The van der Waals surface area contributed by atoms with Gasteiger partial charge in [0, 0.05) is 31.9 Å². The second kappa shape index (κ2) is 6.89. The Kier molecular flexibility index (Phi) is 5.17. The lowest BCUT2D eigenvalue weighted by atomic mass is 10.2. The predicted octanol–water partition coefficient (Wildman–Crippen LogP) is 2.32. The molecule has 0 aromatic carbocycles. The maximum absolute atomic E-state index is 12.1. The van der Waals surface area contributed by atoms with Gasteiger partial charge in [-0.25, -0.2) is 4.68 Å². The summed E-state index contributed by atoms with van der Waals surface area (Å²) >= 11 is 3.36. The summed E-state index contributed by atoms with van der Waals surface area (Å²) in [7, 11) is 1.91. The maximum Gasteiger partial charge on any atom is 0.283 e. The molecule has 0 bridgehead atoms. The molecule has 2 aromatic heterocycles. The molecule has 114 valence electrons. The maximum atomic E-state index is 12.1. The molecule has 0 spiro atoms. The highest BCUT2D eigenvalue weighted by molar-refractivity contribution is 9.10. The highest BCUT2D eigenvalue weighted by Gasteiger charge is 2.10. The Morgan fingerprint density at radius 3 is 2.81 bits per heavy atom. The second-order valence-corrected chi connectivity index (χ2v) is 5.68. The van der Waals surface area contributed by atoms with Gasteiger partial charge in [0.05, 0.1) is 17.6 Å². The van der Waals surface area contributed by atoms with E-state index in [2.05, 4.69) is 38.4 Å². The third-order valence-corrected chi connectivity index (χ3v) is 3.98. The first-order chi connectivity index (χ1) is 10.1. The Bertz CT molecular complexity index is 676. The van der Waals surface area contributed by atoms with Crippen LogP contribution in [0.15, 0.2) is 21.7 Å². The number of aryl methyl sites for hydroxylation is 3. The predicted molar refractivity (Wildman–Crippen MR) is 86.4 cm³/mol. The molecule has 6 nitrogen and oxygen atoms in total. The number of nitrogens with zero attached hydrogens (tertiary/aromatic N) is 4. The Morgan fingerprint density at radius 1 is 1.38 bits per heavy atom. The zero-order chi connectivity index (χ0) is 15.4. The van der Waals surface area contributed by atoms with Crippen molar-refractivity contribution < 1.29 is 0 Å². The summed E-state index contributed by atoms with van der Waals surface area (Å²) in [5, 5.41) is 11.8. The molecule has 2 heterocycles. The lowest BCUT2D eigenvalue weighted by molar-refractivity contribution is 0.566. The lowest BCUT2D eigenvalue weighted by Gasteiger charge is -2.09. The van der Waals surface area contributed by atoms with Crippen molar-refractivity contribution in [1.29, 1.82) is 0 Å². The van der Waals surface area contributed by atoms with Crippen molar-refractivity contribution in [3.8, 4) is 0 Å². The molecule has 0 saturated heterocycles. The van der Waals surface area contributed by atoms with Crippen LogP contribution < -0.4 is 10.9 Å². The van der Waals surface area contributed by atoms with E-state index >= 15 is 0 Å². The van der Waals surface area contributed by atoms with E-state index in [0.717, 1.165) is 24.1 Å². The quantitative estimate of drug-likeness (QED) is 0.865. The minimum Gasteiger partial charge on any atom is -0.378 e. The van der Waals surface area contributed by atoms with Gasteiger partial charge in [-0.1, -0.05) is 13.8 Å². The van der Waals surface area contributed by atoms with E-state index in [-0.39, 0.29) is 5.56 Å². The molecular formula is C14H20BrN5O. The first-order valence-corrected chi connectivity index (χ1v) is 7.87. The van der Waals surface area contributed by atoms with Gasteiger partial charge in [0.15, 0.2) is 0 Å². The largest absolute Gasteiger partial charge is 0.378 e. The number of rotatable bonds is 6. The number of hydrogen-bond acceptors (Lipinski definition) is 4. The van der Waals surface area contributed by atoms with Crippen molar-refractivity contribution >= 4 is 21.6 Å². The molecular weight excluding hydrogens is 334 g/mol. The van der Waals surface area contributed by atoms with Crippen molar-refractivity contribution in [2.75, 3.05) is 5.32 Å². The van der Waals surface area contributed by atoms with Gasteiger partial charge in [0.2, 0.25) is 0 Å². The van der Waals surface area contributed by atoms with Crippen molar-refractivity contribution in [2.24, 2.45) is 7.05 Å². The van der Waals surface area contributed by atoms with Crippen LogP contribution in [0.4, 0.5) is 5.69 Å². The fraction of sp³-hybridized carbons (Fsp3) is 0.500. The van der Waals surface area contributed by atoms with Gasteiger partial charge in [0.1, 0.15) is 4.47 Å². The third kappa shape index (κ3) is 3.53. The van der Waals surface area contributed by atoms with E-state index in [1.807, 2.05) is 24.9 Å². The molecule has 0 fully saturated rings. The average Bonchev–Trinajstić information content (AvgIpc) is 2.83. The molecule has 0 unspecified atom stereocenters. The van der Waals surface area contributed by atoms with Gasteiger partial charge in [-0.05, 0) is 28.8 Å². The summed E-state index contributed by atoms with van der Waals surface area (Å²) in [6.45, 7) is 5.34. The average molecular weight is 354 g/mol. The fourth-order valence-corrected chi connectivity index (χ4v) is 2.63. The monoisotopic (exact) mass is 353 g/mol. The minimum atomic E-state index is -0.108. The summed E-state index contributed by atoms with van der Waals surface area (Å²) in [6, 6.07) is 0. The Labute approximate surface area is 132 Å². The van der Waals surface area contributed by atoms with Gasteiger partial charge in [0.25, 0.3) is 5.56 Å². The highest BCUT2D eigenvalue weighted by atomic mass is 79.9.